The van der Waals surface area contributed by atoms with Crippen LogP contribution < -0.4 is 10.5 Å². The molecule has 1 fully saturated rings. The van der Waals surface area contributed by atoms with Crippen molar-refractivity contribution in [1.82, 2.24) is 34.3 Å². The van der Waals surface area contributed by atoms with Crippen LogP contribution in [0.4, 0.5) is 5.82 Å². The monoisotopic (exact) mass is 418 g/mol. The summed E-state index contributed by atoms with van der Waals surface area (Å²) in [6, 6.07) is 12.0. The maximum absolute atomic E-state index is 12.9. The Morgan fingerprint density at radius 2 is 2.00 bits per heavy atom. The van der Waals surface area contributed by atoms with Crippen LogP contribution in [-0.2, 0) is 13.1 Å². The first-order valence-corrected chi connectivity index (χ1v) is 10.8. The van der Waals surface area contributed by atoms with Gasteiger partial charge >= 0.3 is 0 Å². The molecule has 9 nitrogen and oxygen atoms in total. The summed E-state index contributed by atoms with van der Waals surface area (Å²) in [5.41, 5.74) is 0.825. The number of hydrogen-bond acceptors (Lipinski definition) is 7. The fourth-order valence-corrected chi connectivity index (χ4v) is 4.64. The van der Waals surface area contributed by atoms with E-state index < -0.39 is 0 Å². The van der Waals surface area contributed by atoms with Gasteiger partial charge in [-0.1, -0.05) is 12.1 Å². The normalized spacial score (nSPS) is 16.7. The van der Waals surface area contributed by atoms with Gasteiger partial charge in [-0.2, -0.15) is 5.10 Å². The van der Waals surface area contributed by atoms with E-state index in [1.165, 1.54) is 0 Å². The van der Waals surface area contributed by atoms with Crippen LogP contribution in [-0.4, -0.2) is 60.4 Å². The van der Waals surface area contributed by atoms with E-state index in [4.69, 9.17) is 0 Å². The molecule has 1 aliphatic rings. The summed E-state index contributed by atoms with van der Waals surface area (Å²) >= 11 is 0. The summed E-state index contributed by atoms with van der Waals surface area (Å²) in [5, 5.41) is 17.8. The maximum Gasteiger partial charge on any atom is 0.262 e. The second-order valence-electron chi connectivity index (χ2n) is 8.09. The predicted octanol–water partition coefficient (Wildman–Crippen LogP) is 1.95. The lowest BCUT2D eigenvalue weighted by Crippen LogP contribution is -2.39. The van der Waals surface area contributed by atoms with Gasteiger partial charge in [0.25, 0.3) is 5.56 Å². The van der Waals surface area contributed by atoms with E-state index >= 15 is 0 Å². The molecule has 1 aliphatic heterocycles. The van der Waals surface area contributed by atoms with Gasteiger partial charge in [0.1, 0.15) is 0 Å². The third-order valence-corrected chi connectivity index (χ3v) is 6.05. The van der Waals surface area contributed by atoms with Gasteiger partial charge in [-0.25, -0.2) is 0 Å². The van der Waals surface area contributed by atoms with Crippen LogP contribution >= 0.6 is 0 Å². The highest BCUT2D eigenvalue weighted by Crippen LogP contribution is 2.24. The van der Waals surface area contributed by atoms with E-state index in [0.717, 1.165) is 43.1 Å². The lowest BCUT2D eigenvalue weighted by Gasteiger charge is -2.28. The number of anilines is 1. The van der Waals surface area contributed by atoms with Crippen LogP contribution in [0.15, 0.2) is 47.4 Å². The van der Waals surface area contributed by atoms with Crippen molar-refractivity contribution in [3.05, 3.63) is 58.8 Å². The number of aromatic nitrogens is 6. The quantitative estimate of drug-likeness (QED) is 0.473. The van der Waals surface area contributed by atoms with Crippen molar-refractivity contribution in [3.63, 3.8) is 0 Å². The SMILES string of the molecule is CCn1c(=O)c2ccccc2n2c(CN(C)CC3CCCN3c3cccnn3)nnc12. The van der Waals surface area contributed by atoms with Crippen molar-refractivity contribution in [2.24, 2.45) is 0 Å². The highest BCUT2D eigenvalue weighted by molar-refractivity contribution is 5.80. The van der Waals surface area contributed by atoms with Gasteiger partial charge in [0.15, 0.2) is 11.6 Å². The van der Waals surface area contributed by atoms with Gasteiger partial charge in [0.2, 0.25) is 5.78 Å². The molecule has 0 aliphatic carbocycles. The summed E-state index contributed by atoms with van der Waals surface area (Å²) in [4.78, 5) is 17.5. The van der Waals surface area contributed by atoms with E-state index in [2.05, 4.69) is 37.2 Å². The smallest absolute Gasteiger partial charge is 0.262 e. The second kappa shape index (κ2) is 8.07. The molecule has 0 amide bonds. The molecule has 5 rings (SSSR count). The Morgan fingerprint density at radius 3 is 2.81 bits per heavy atom. The lowest BCUT2D eigenvalue weighted by atomic mass is 10.2. The highest BCUT2D eigenvalue weighted by atomic mass is 16.1. The minimum Gasteiger partial charge on any atom is -0.351 e. The molecule has 0 spiro atoms. The standard InChI is InChI=1S/C22H26N8O/c1-3-28-21(31)17-9-4-5-10-18(17)30-20(25-26-22(28)30)15-27(2)14-16-8-7-13-29(16)19-11-6-12-23-24-19/h4-6,9-12,16H,3,7-8,13-15H2,1-2H3. The largest absolute Gasteiger partial charge is 0.351 e. The van der Waals surface area contributed by atoms with Gasteiger partial charge in [-0.3, -0.25) is 18.7 Å². The van der Waals surface area contributed by atoms with Gasteiger partial charge < -0.3 is 4.90 Å². The van der Waals surface area contributed by atoms with Gasteiger partial charge in [-0.15, -0.1) is 15.3 Å². The summed E-state index contributed by atoms with van der Waals surface area (Å²) in [5.74, 6) is 2.36. The molecular weight excluding hydrogens is 392 g/mol. The lowest BCUT2D eigenvalue weighted by molar-refractivity contribution is 0.295. The molecule has 1 saturated heterocycles. The number of fused-ring (bicyclic) bond motifs is 3. The number of aryl methyl sites for hydroxylation is 1. The summed E-state index contributed by atoms with van der Waals surface area (Å²) in [6.45, 7) is 5.03. The number of para-hydroxylation sites is 1. The van der Waals surface area contributed by atoms with Crippen LogP contribution in [0.3, 0.4) is 0 Å². The van der Waals surface area contributed by atoms with E-state index in [9.17, 15) is 4.79 Å². The number of hydrogen-bond donors (Lipinski definition) is 0. The fraction of sp³-hybridized carbons (Fsp3) is 0.409. The van der Waals surface area contributed by atoms with Crippen molar-refractivity contribution in [2.45, 2.75) is 38.9 Å². The van der Waals surface area contributed by atoms with Crippen LogP contribution in [0, 0.1) is 0 Å². The molecule has 1 aromatic carbocycles. The zero-order chi connectivity index (χ0) is 21.4. The molecule has 0 bridgehead atoms. The molecule has 1 atom stereocenters. The van der Waals surface area contributed by atoms with Crippen LogP contribution in [0.5, 0.6) is 0 Å². The van der Waals surface area contributed by atoms with E-state index in [-0.39, 0.29) is 5.56 Å². The predicted molar refractivity (Wildman–Crippen MR) is 119 cm³/mol. The number of benzene rings is 1. The van der Waals surface area contributed by atoms with Crippen molar-refractivity contribution in [1.29, 1.82) is 0 Å². The molecule has 4 heterocycles. The van der Waals surface area contributed by atoms with Crippen LogP contribution in [0.25, 0.3) is 16.7 Å². The zero-order valence-corrected chi connectivity index (χ0v) is 17.8. The van der Waals surface area contributed by atoms with Gasteiger partial charge in [0.05, 0.1) is 17.4 Å². The summed E-state index contributed by atoms with van der Waals surface area (Å²) < 4.78 is 3.71. The topological polar surface area (TPSA) is 84.5 Å². The average Bonchev–Trinajstić information content (AvgIpc) is 3.42. The van der Waals surface area contributed by atoms with Gasteiger partial charge in [-0.05, 0) is 51.1 Å². The van der Waals surface area contributed by atoms with E-state index in [0.29, 0.717) is 30.3 Å². The Kier molecular flexibility index (Phi) is 5.11. The second-order valence-corrected chi connectivity index (χ2v) is 8.09. The van der Waals surface area contributed by atoms with Crippen LogP contribution in [0.1, 0.15) is 25.6 Å². The van der Waals surface area contributed by atoms with E-state index in [1.54, 1.807) is 10.8 Å². The zero-order valence-electron chi connectivity index (χ0n) is 17.8. The van der Waals surface area contributed by atoms with E-state index in [1.807, 2.05) is 47.7 Å². The molecule has 0 saturated carbocycles. The third-order valence-electron chi connectivity index (χ3n) is 6.05. The summed E-state index contributed by atoms with van der Waals surface area (Å²) in [6.07, 6.45) is 3.98. The molecule has 31 heavy (non-hydrogen) atoms. The Hall–Kier alpha value is -3.33. The maximum atomic E-state index is 12.9. The Morgan fingerprint density at radius 1 is 1.13 bits per heavy atom. The Labute approximate surface area is 179 Å². The number of rotatable bonds is 6. The molecule has 1 unspecified atom stereocenters. The molecule has 9 heteroatoms. The molecule has 0 N–H and O–H groups in total. The van der Waals surface area contributed by atoms with Crippen LogP contribution in [0.2, 0.25) is 0 Å². The van der Waals surface area contributed by atoms with Crippen molar-refractivity contribution >= 4 is 22.5 Å². The molecule has 3 aromatic heterocycles. The van der Waals surface area contributed by atoms with Gasteiger partial charge in [0, 0.05) is 31.9 Å². The van der Waals surface area contributed by atoms with Crippen molar-refractivity contribution < 1.29 is 0 Å². The molecule has 160 valence electrons. The first kappa shape index (κ1) is 19.6. The molecule has 4 aromatic rings. The third kappa shape index (κ3) is 3.44. The van der Waals surface area contributed by atoms with Crippen molar-refractivity contribution in [3.8, 4) is 0 Å². The molecular formula is C22H26N8O. The fourth-order valence-electron chi connectivity index (χ4n) is 4.64. The minimum atomic E-state index is -0.0246. The minimum absolute atomic E-state index is 0.0246. The number of nitrogens with zero attached hydrogens (tertiary/aromatic N) is 8. The highest BCUT2D eigenvalue weighted by Gasteiger charge is 2.27. The first-order valence-electron chi connectivity index (χ1n) is 10.8. The first-order chi connectivity index (χ1) is 15.2. The number of likely N-dealkylation sites (N-methyl/N-ethyl adjacent to an activating group) is 1. The Balaban J connectivity index is 1.44. The van der Waals surface area contributed by atoms with Crippen molar-refractivity contribution in [2.75, 3.05) is 25.0 Å². The Bertz CT molecular complexity index is 1270. The molecule has 0 radical (unpaired) electrons. The average molecular weight is 419 g/mol. The summed E-state index contributed by atoms with van der Waals surface area (Å²) in [7, 11) is 2.10.